The van der Waals surface area contributed by atoms with Gasteiger partial charge in [0.05, 0.1) is 6.10 Å². The molecular weight excluding hydrogens is 235 g/mol. The van der Waals surface area contributed by atoms with Gasteiger partial charge in [-0.05, 0) is 25.8 Å². The number of carbonyl (C=O) groups excluding carboxylic acids is 1. The van der Waals surface area contributed by atoms with E-state index in [-0.39, 0.29) is 12.0 Å². The molecule has 5 heteroatoms. The van der Waals surface area contributed by atoms with Gasteiger partial charge in [0.2, 0.25) is 5.95 Å². The lowest BCUT2D eigenvalue weighted by Gasteiger charge is -2.31. The fraction of sp³-hybridized carbons (Fsp3) is 0.538. The monoisotopic (exact) mass is 252 g/mol. The first-order valence-corrected chi connectivity index (χ1v) is 6.23. The molecule has 0 radical (unpaired) electrons. The predicted octanol–water partition coefficient (Wildman–Crippen LogP) is 1.86. The average Bonchev–Trinajstić information content (AvgIpc) is 2.39. The molecule has 2 heterocycles. The Hall–Kier alpha value is -1.49. The molecule has 2 rings (SSSR count). The Bertz CT molecular complexity index is 417. The molecule has 0 aromatic carbocycles. The van der Waals surface area contributed by atoms with E-state index >= 15 is 0 Å². The van der Waals surface area contributed by atoms with Gasteiger partial charge in [-0.2, -0.15) is 4.39 Å². The Morgan fingerprint density at radius 3 is 2.89 bits per heavy atom. The number of ether oxygens (including phenoxy) is 1. The first-order valence-electron chi connectivity index (χ1n) is 6.23. The van der Waals surface area contributed by atoms with Crippen LogP contribution in [-0.4, -0.2) is 41.6 Å². The van der Waals surface area contributed by atoms with E-state index in [2.05, 4.69) is 4.98 Å². The van der Waals surface area contributed by atoms with Crippen LogP contribution >= 0.6 is 0 Å². The maximum absolute atomic E-state index is 13.0. The van der Waals surface area contributed by atoms with Crippen LogP contribution < -0.4 is 0 Å². The average molecular weight is 252 g/mol. The molecule has 1 aliphatic rings. The van der Waals surface area contributed by atoms with Gasteiger partial charge in [-0.15, -0.1) is 0 Å². The second-order valence-corrected chi connectivity index (χ2v) is 4.31. The SMILES string of the molecule is CCOC1CCN(C(=O)c2ccnc(F)c2)CC1. The van der Waals surface area contributed by atoms with Gasteiger partial charge in [-0.3, -0.25) is 4.79 Å². The first kappa shape index (κ1) is 13.0. The lowest BCUT2D eigenvalue weighted by atomic mass is 10.1. The van der Waals surface area contributed by atoms with Gasteiger partial charge in [0, 0.05) is 37.5 Å². The van der Waals surface area contributed by atoms with E-state index < -0.39 is 5.95 Å². The highest BCUT2D eigenvalue weighted by Crippen LogP contribution is 2.16. The number of hydrogen-bond donors (Lipinski definition) is 0. The fourth-order valence-electron chi connectivity index (χ4n) is 2.18. The van der Waals surface area contributed by atoms with Crippen LogP contribution in [0.4, 0.5) is 4.39 Å². The van der Waals surface area contributed by atoms with Crippen molar-refractivity contribution in [3.8, 4) is 0 Å². The third-order valence-electron chi connectivity index (χ3n) is 3.11. The van der Waals surface area contributed by atoms with Gasteiger partial charge in [0.25, 0.3) is 5.91 Å². The van der Waals surface area contributed by atoms with Crippen molar-refractivity contribution in [3.63, 3.8) is 0 Å². The second kappa shape index (κ2) is 5.91. The smallest absolute Gasteiger partial charge is 0.254 e. The van der Waals surface area contributed by atoms with Crippen LogP contribution in [0.25, 0.3) is 0 Å². The minimum Gasteiger partial charge on any atom is -0.378 e. The van der Waals surface area contributed by atoms with Crippen LogP contribution in [0, 0.1) is 5.95 Å². The van der Waals surface area contributed by atoms with Crippen molar-refractivity contribution in [2.45, 2.75) is 25.9 Å². The summed E-state index contributed by atoms with van der Waals surface area (Å²) in [6.45, 7) is 3.99. The molecule has 0 atom stereocenters. The molecule has 1 aromatic rings. The van der Waals surface area contributed by atoms with E-state index in [1.54, 1.807) is 11.0 Å². The van der Waals surface area contributed by atoms with Crippen LogP contribution in [-0.2, 0) is 4.74 Å². The zero-order valence-electron chi connectivity index (χ0n) is 10.4. The van der Waals surface area contributed by atoms with Crippen molar-refractivity contribution < 1.29 is 13.9 Å². The standard InChI is InChI=1S/C13H17FN2O2/c1-2-18-11-4-7-16(8-5-11)13(17)10-3-6-15-12(14)9-10/h3,6,9,11H,2,4-5,7-8H2,1H3. The van der Waals surface area contributed by atoms with Gasteiger partial charge < -0.3 is 9.64 Å². The molecule has 1 aromatic heterocycles. The summed E-state index contributed by atoms with van der Waals surface area (Å²) >= 11 is 0. The van der Waals surface area contributed by atoms with Crippen molar-refractivity contribution in [2.75, 3.05) is 19.7 Å². The Balaban J connectivity index is 1.95. The Kier molecular flexibility index (Phi) is 4.25. The topological polar surface area (TPSA) is 42.4 Å². The third kappa shape index (κ3) is 3.04. The van der Waals surface area contributed by atoms with Gasteiger partial charge in [0.15, 0.2) is 0 Å². The number of aromatic nitrogens is 1. The first-order chi connectivity index (χ1) is 8.70. The van der Waals surface area contributed by atoms with Crippen molar-refractivity contribution in [2.24, 2.45) is 0 Å². The van der Waals surface area contributed by atoms with Crippen molar-refractivity contribution in [1.29, 1.82) is 0 Å². The molecule has 18 heavy (non-hydrogen) atoms. The summed E-state index contributed by atoms with van der Waals surface area (Å²) < 4.78 is 18.5. The Labute approximate surface area is 106 Å². The highest BCUT2D eigenvalue weighted by molar-refractivity contribution is 5.94. The number of pyridine rings is 1. The molecule has 98 valence electrons. The molecule has 0 aliphatic carbocycles. The molecule has 0 spiro atoms. The van der Waals surface area contributed by atoms with Crippen LogP contribution in [0.15, 0.2) is 18.3 Å². The van der Waals surface area contributed by atoms with Gasteiger partial charge in [0.1, 0.15) is 0 Å². The molecule has 1 aliphatic heterocycles. The van der Waals surface area contributed by atoms with Gasteiger partial charge in [-0.25, -0.2) is 4.98 Å². The molecule has 0 bridgehead atoms. The minimum absolute atomic E-state index is 0.133. The minimum atomic E-state index is -0.620. The van der Waals surface area contributed by atoms with Crippen molar-refractivity contribution >= 4 is 5.91 Å². The van der Waals surface area contributed by atoms with Crippen LogP contribution in [0.1, 0.15) is 30.1 Å². The van der Waals surface area contributed by atoms with Crippen molar-refractivity contribution in [1.82, 2.24) is 9.88 Å². The molecule has 0 N–H and O–H groups in total. The molecule has 1 amide bonds. The normalized spacial score (nSPS) is 16.9. The third-order valence-corrected chi connectivity index (χ3v) is 3.11. The van der Waals surface area contributed by atoms with E-state index in [0.29, 0.717) is 25.3 Å². The number of carbonyl (C=O) groups is 1. The van der Waals surface area contributed by atoms with E-state index in [1.165, 1.54) is 12.3 Å². The zero-order valence-corrected chi connectivity index (χ0v) is 10.4. The lowest BCUT2D eigenvalue weighted by molar-refractivity contribution is 0.0146. The molecule has 1 fully saturated rings. The number of hydrogen-bond acceptors (Lipinski definition) is 3. The fourth-order valence-corrected chi connectivity index (χ4v) is 2.18. The van der Waals surface area contributed by atoms with E-state index in [9.17, 15) is 9.18 Å². The summed E-state index contributed by atoms with van der Waals surface area (Å²) in [5.74, 6) is -0.753. The van der Waals surface area contributed by atoms with Crippen LogP contribution in [0.5, 0.6) is 0 Å². The summed E-state index contributed by atoms with van der Waals surface area (Å²) in [5.41, 5.74) is 0.359. The summed E-state index contributed by atoms with van der Waals surface area (Å²) in [4.78, 5) is 17.3. The highest BCUT2D eigenvalue weighted by Gasteiger charge is 2.23. The largest absolute Gasteiger partial charge is 0.378 e. The van der Waals surface area contributed by atoms with Crippen LogP contribution in [0.2, 0.25) is 0 Å². The quantitative estimate of drug-likeness (QED) is 0.771. The predicted molar refractivity (Wildman–Crippen MR) is 64.7 cm³/mol. The summed E-state index contributed by atoms with van der Waals surface area (Å²) in [5, 5.41) is 0. The van der Waals surface area contributed by atoms with E-state index in [1.807, 2.05) is 6.92 Å². The Morgan fingerprint density at radius 1 is 1.56 bits per heavy atom. The molecule has 1 saturated heterocycles. The van der Waals surface area contributed by atoms with Crippen molar-refractivity contribution in [3.05, 3.63) is 29.8 Å². The highest BCUT2D eigenvalue weighted by atomic mass is 19.1. The van der Waals surface area contributed by atoms with E-state index in [0.717, 1.165) is 12.8 Å². The number of likely N-dealkylation sites (tertiary alicyclic amines) is 1. The van der Waals surface area contributed by atoms with Gasteiger partial charge >= 0.3 is 0 Å². The number of halogens is 1. The number of piperidine rings is 1. The number of nitrogens with zero attached hydrogens (tertiary/aromatic N) is 2. The number of amides is 1. The van der Waals surface area contributed by atoms with Crippen LogP contribution in [0.3, 0.4) is 0 Å². The van der Waals surface area contributed by atoms with Gasteiger partial charge in [-0.1, -0.05) is 0 Å². The molecule has 4 nitrogen and oxygen atoms in total. The zero-order chi connectivity index (χ0) is 13.0. The summed E-state index contributed by atoms with van der Waals surface area (Å²) in [7, 11) is 0. The molecule has 0 saturated carbocycles. The summed E-state index contributed by atoms with van der Waals surface area (Å²) in [6, 6.07) is 2.72. The molecular formula is C13H17FN2O2. The maximum Gasteiger partial charge on any atom is 0.254 e. The molecule has 0 unspecified atom stereocenters. The maximum atomic E-state index is 13.0. The second-order valence-electron chi connectivity index (χ2n) is 4.31. The summed E-state index contributed by atoms with van der Waals surface area (Å²) in [6.07, 6.45) is 3.24. The van der Waals surface area contributed by atoms with E-state index in [4.69, 9.17) is 4.74 Å². The Morgan fingerprint density at radius 2 is 2.28 bits per heavy atom. The lowest BCUT2D eigenvalue weighted by Crippen LogP contribution is -2.40. The number of rotatable bonds is 3.